The van der Waals surface area contributed by atoms with Crippen LogP contribution in [0.5, 0.6) is 0 Å². The monoisotopic (exact) mass is 271 g/mol. The van der Waals surface area contributed by atoms with E-state index in [1.54, 1.807) is 17.5 Å². The molecule has 0 aliphatic carbocycles. The second-order valence-electron chi connectivity index (χ2n) is 3.75. The second kappa shape index (κ2) is 5.12. The molecule has 1 heterocycles. The van der Waals surface area contributed by atoms with Gasteiger partial charge in [0, 0.05) is 16.8 Å². The van der Waals surface area contributed by atoms with Gasteiger partial charge in [-0.15, -0.1) is 11.3 Å². The average Bonchev–Trinajstić information content (AvgIpc) is 2.69. The fourth-order valence-corrected chi connectivity index (χ4v) is 2.35. The Morgan fingerprint density at radius 3 is 2.88 bits per heavy atom. The molecule has 17 heavy (non-hydrogen) atoms. The first-order valence-electron chi connectivity index (χ1n) is 5.10. The number of aliphatic hydroxyl groups excluding tert-OH is 1. The molecule has 0 saturated carbocycles. The molecule has 0 spiro atoms. The molecule has 0 radical (unpaired) electrons. The number of aromatic nitrogens is 1. The van der Waals surface area contributed by atoms with Crippen LogP contribution in [0.4, 0.5) is 4.39 Å². The van der Waals surface area contributed by atoms with Crippen molar-refractivity contribution >= 4 is 22.9 Å². The molecule has 1 unspecified atom stereocenters. The zero-order valence-corrected chi connectivity index (χ0v) is 10.7. The third kappa shape index (κ3) is 3.03. The van der Waals surface area contributed by atoms with Crippen LogP contribution in [0.25, 0.3) is 0 Å². The fourth-order valence-electron chi connectivity index (χ4n) is 1.53. The number of hydrogen-bond acceptors (Lipinski definition) is 3. The van der Waals surface area contributed by atoms with Gasteiger partial charge in [0.15, 0.2) is 0 Å². The predicted octanol–water partition coefficient (Wildman–Crippen LogP) is 3.52. The first-order valence-corrected chi connectivity index (χ1v) is 6.36. The zero-order chi connectivity index (χ0) is 12.4. The van der Waals surface area contributed by atoms with Gasteiger partial charge in [0.1, 0.15) is 11.9 Å². The summed E-state index contributed by atoms with van der Waals surface area (Å²) >= 11 is 7.12. The molecule has 1 aromatic carbocycles. The Morgan fingerprint density at radius 1 is 1.53 bits per heavy atom. The standard InChI is InChI=1S/C12H11ClFNOS/c1-7-15-11(6-17-7)12(16)4-8-2-3-9(13)5-10(8)14/h2-3,5-6,12,16H,4H2,1H3. The largest absolute Gasteiger partial charge is 0.386 e. The lowest BCUT2D eigenvalue weighted by molar-refractivity contribution is 0.173. The topological polar surface area (TPSA) is 33.1 Å². The van der Waals surface area contributed by atoms with Crippen LogP contribution in [-0.4, -0.2) is 10.1 Å². The first-order chi connectivity index (χ1) is 8.06. The molecule has 5 heteroatoms. The molecule has 90 valence electrons. The summed E-state index contributed by atoms with van der Waals surface area (Å²) in [4.78, 5) is 4.17. The van der Waals surface area contributed by atoms with E-state index in [0.29, 0.717) is 16.3 Å². The Balaban J connectivity index is 2.15. The summed E-state index contributed by atoms with van der Waals surface area (Å²) in [5, 5.41) is 12.9. The van der Waals surface area contributed by atoms with Gasteiger partial charge in [-0.05, 0) is 24.6 Å². The second-order valence-corrected chi connectivity index (χ2v) is 5.25. The number of aryl methyl sites for hydroxylation is 1. The van der Waals surface area contributed by atoms with Gasteiger partial charge in [-0.1, -0.05) is 17.7 Å². The number of aliphatic hydroxyl groups is 1. The molecule has 2 rings (SSSR count). The van der Waals surface area contributed by atoms with Gasteiger partial charge < -0.3 is 5.11 Å². The maximum absolute atomic E-state index is 13.5. The third-order valence-electron chi connectivity index (χ3n) is 2.41. The van der Waals surface area contributed by atoms with Crippen molar-refractivity contribution < 1.29 is 9.50 Å². The molecule has 1 aromatic heterocycles. The van der Waals surface area contributed by atoms with E-state index in [1.807, 2.05) is 6.92 Å². The van der Waals surface area contributed by atoms with Gasteiger partial charge in [0.05, 0.1) is 10.7 Å². The van der Waals surface area contributed by atoms with Gasteiger partial charge in [-0.3, -0.25) is 0 Å². The number of rotatable bonds is 3. The molecular weight excluding hydrogens is 261 g/mol. The lowest BCUT2D eigenvalue weighted by atomic mass is 10.1. The highest BCUT2D eigenvalue weighted by molar-refractivity contribution is 7.09. The smallest absolute Gasteiger partial charge is 0.127 e. The van der Waals surface area contributed by atoms with E-state index in [2.05, 4.69) is 4.98 Å². The fraction of sp³-hybridized carbons (Fsp3) is 0.250. The Bertz CT molecular complexity index is 529. The number of thiazole rings is 1. The molecule has 0 fully saturated rings. The van der Waals surface area contributed by atoms with Crippen molar-refractivity contribution in [2.75, 3.05) is 0 Å². The summed E-state index contributed by atoms with van der Waals surface area (Å²) in [6.07, 6.45) is -0.581. The molecule has 0 bridgehead atoms. The van der Waals surface area contributed by atoms with Crippen molar-refractivity contribution in [2.24, 2.45) is 0 Å². The molecule has 2 aromatic rings. The van der Waals surface area contributed by atoms with Gasteiger partial charge in [0.25, 0.3) is 0 Å². The maximum Gasteiger partial charge on any atom is 0.127 e. The van der Waals surface area contributed by atoms with Crippen LogP contribution >= 0.6 is 22.9 Å². The van der Waals surface area contributed by atoms with Gasteiger partial charge in [-0.25, -0.2) is 9.37 Å². The van der Waals surface area contributed by atoms with Crippen LogP contribution < -0.4 is 0 Å². The third-order valence-corrected chi connectivity index (χ3v) is 3.43. The minimum atomic E-state index is -0.782. The van der Waals surface area contributed by atoms with Crippen molar-refractivity contribution in [2.45, 2.75) is 19.4 Å². The molecular formula is C12H11ClFNOS. The van der Waals surface area contributed by atoms with E-state index in [0.717, 1.165) is 5.01 Å². The molecule has 0 saturated heterocycles. The van der Waals surface area contributed by atoms with Crippen molar-refractivity contribution in [1.29, 1.82) is 0 Å². The summed E-state index contributed by atoms with van der Waals surface area (Å²) < 4.78 is 13.5. The van der Waals surface area contributed by atoms with Crippen LogP contribution in [0.15, 0.2) is 23.6 Å². The number of benzene rings is 1. The summed E-state index contributed by atoms with van der Waals surface area (Å²) in [7, 11) is 0. The summed E-state index contributed by atoms with van der Waals surface area (Å²) in [6, 6.07) is 4.44. The Kier molecular flexibility index (Phi) is 3.76. The van der Waals surface area contributed by atoms with Crippen LogP contribution in [-0.2, 0) is 6.42 Å². The SMILES string of the molecule is Cc1nc(C(O)Cc2ccc(Cl)cc2F)cs1. The first kappa shape index (κ1) is 12.5. The molecule has 1 atom stereocenters. The van der Waals surface area contributed by atoms with E-state index in [1.165, 1.54) is 17.4 Å². The van der Waals surface area contributed by atoms with E-state index in [9.17, 15) is 9.50 Å². The molecule has 0 amide bonds. The van der Waals surface area contributed by atoms with E-state index in [-0.39, 0.29) is 6.42 Å². The summed E-state index contributed by atoms with van der Waals surface area (Å²) in [5.41, 5.74) is 1.02. The highest BCUT2D eigenvalue weighted by Gasteiger charge is 2.14. The highest BCUT2D eigenvalue weighted by Crippen LogP contribution is 2.23. The minimum absolute atomic E-state index is 0.201. The Morgan fingerprint density at radius 2 is 2.29 bits per heavy atom. The quantitative estimate of drug-likeness (QED) is 0.927. The molecule has 1 N–H and O–H groups in total. The lowest BCUT2D eigenvalue weighted by Gasteiger charge is -2.08. The van der Waals surface area contributed by atoms with Crippen molar-refractivity contribution in [3.8, 4) is 0 Å². The average molecular weight is 272 g/mol. The number of halogens is 2. The summed E-state index contributed by atoms with van der Waals surface area (Å²) in [6.45, 7) is 1.86. The Hall–Kier alpha value is -0.970. The van der Waals surface area contributed by atoms with Gasteiger partial charge in [0.2, 0.25) is 0 Å². The highest BCUT2D eigenvalue weighted by atomic mass is 35.5. The van der Waals surface area contributed by atoms with Gasteiger partial charge >= 0.3 is 0 Å². The molecule has 0 aliphatic heterocycles. The van der Waals surface area contributed by atoms with Crippen LogP contribution in [0, 0.1) is 12.7 Å². The number of hydrogen-bond donors (Lipinski definition) is 1. The minimum Gasteiger partial charge on any atom is -0.386 e. The van der Waals surface area contributed by atoms with Crippen molar-refractivity contribution in [3.05, 3.63) is 50.7 Å². The normalized spacial score (nSPS) is 12.7. The molecule has 0 aliphatic rings. The van der Waals surface area contributed by atoms with Crippen LogP contribution in [0.2, 0.25) is 5.02 Å². The van der Waals surface area contributed by atoms with Crippen molar-refractivity contribution in [1.82, 2.24) is 4.98 Å². The van der Waals surface area contributed by atoms with Crippen LogP contribution in [0.1, 0.15) is 22.4 Å². The van der Waals surface area contributed by atoms with Crippen LogP contribution in [0.3, 0.4) is 0 Å². The van der Waals surface area contributed by atoms with Gasteiger partial charge in [-0.2, -0.15) is 0 Å². The lowest BCUT2D eigenvalue weighted by Crippen LogP contribution is -2.04. The number of nitrogens with zero attached hydrogens (tertiary/aromatic N) is 1. The maximum atomic E-state index is 13.5. The zero-order valence-electron chi connectivity index (χ0n) is 9.15. The van der Waals surface area contributed by atoms with E-state index >= 15 is 0 Å². The Labute approximate surface area is 108 Å². The van der Waals surface area contributed by atoms with Crippen molar-refractivity contribution in [3.63, 3.8) is 0 Å². The summed E-state index contributed by atoms with van der Waals surface area (Å²) in [5.74, 6) is -0.400. The predicted molar refractivity (Wildman–Crippen MR) is 66.9 cm³/mol. The van der Waals surface area contributed by atoms with E-state index in [4.69, 9.17) is 11.6 Å². The molecule has 2 nitrogen and oxygen atoms in total. The van der Waals surface area contributed by atoms with E-state index < -0.39 is 11.9 Å².